The number of halogens is 1. The van der Waals surface area contributed by atoms with E-state index in [1.807, 2.05) is 12.1 Å². The molecule has 0 saturated heterocycles. The topological polar surface area (TPSA) is 114 Å². The van der Waals surface area contributed by atoms with Gasteiger partial charge in [-0.25, -0.2) is 10.2 Å². The third-order valence-electron chi connectivity index (χ3n) is 4.97. The van der Waals surface area contributed by atoms with Crippen molar-refractivity contribution < 1.29 is 38.0 Å². The number of methoxy groups -OCH3 is 3. The smallest absolute Gasteiger partial charge is 0.343 e. The van der Waals surface area contributed by atoms with E-state index in [2.05, 4.69) is 26.5 Å². The fourth-order valence-electron chi connectivity index (χ4n) is 3.23. The number of carbonyl (C=O) groups is 2. The van der Waals surface area contributed by atoms with Gasteiger partial charge in [-0.3, -0.25) is 4.79 Å². The molecule has 0 saturated carbocycles. The van der Waals surface area contributed by atoms with Gasteiger partial charge in [-0.1, -0.05) is 12.1 Å². The quantitative estimate of drug-likeness (QED) is 0.141. The van der Waals surface area contributed by atoms with E-state index in [9.17, 15) is 9.59 Å². The summed E-state index contributed by atoms with van der Waals surface area (Å²) >= 11 is 3.36. The average molecular weight is 587 g/mol. The van der Waals surface area contributed by atoms with Crippen molar-refractivity contribution in [3.63, 3.8) is 0 Å². The maximum Gasteiger partial charge on any atom is 0.343 e. The van der Waals surface area contributed by atoms with E-state index in [0.29, 0.717) is 40.9 Å². The highest BCUT2D eigenvalue weighted by Gasteiger charge is 2.20. The van der Waals surface area contributed by atoms with Crippen molar-refractivity contribution in [2.24, 2.45) is 5.10 Å². The zero-order valence-electron chi connectivity index (χ0n) is 21.3. The standard InChI is InChI=1S/C27H27BrN2O8/c1-5-36-22-12-17(15-29-30-25(31)16-37-20-9-7-6-8-19(20)28)10-11-21(22)38-27(32)18-13-23(33-2)26(35-4)24(14-18)34-3/h6-15H,5,16H2,1-4H3,(H,30,31). The van der Waals surface area contributed by atoms with E-state index in [4.69, 9.17) is 28.4 Å². The van der Waals surface area contributed by atoms with Gasteiger partial charge in [0.15, 0.2) is 29.6 Å². The number of hydrogen-bond acceptors (Lipinski definition) is 9. The van der Waals surface area contributed by atoms with E-state index in [1.165, 1.54) is 39.7 Å². The van der Waals surface area contributed by atoms with Crippen LogP contribution < -0.4 is 33.8 Å². The van der Waals surface area contributed by atoms with Crippen LogP contribution in [0.1, 0.15) is 22.8 Å². The zero-order valence-corrected chi connectivity index (χ0v) is 22.9. The SMILES string of the molecule is CCOc1cc(C=NNC(=O)COc2ccccc2Br)ccc1OC(=O)c1cc(OC)c(OC)c(OC)c1. The highest BCUT2D eigenvalue weighted by atomic mass is 79.9. The molecule has 10 nitrogen and oxygen atoms in total. The molecular formula is C27H27BrN2O8. The van der Waals surface area contributed by atoms with Crippen molar-refractivity contribution in [1.82, 2.24) is 5.43 Å². The van der Waals surface area contributed by atoms with Crippen LogP contribution in [0.15, 0.2) is 64.2 Å². The van der Waals surface area contributed by atoms with Crippen molar-refractivity contribution in [2.75, 3.05) is 34.5 Å². The predicted octanol–water partition coefficient (Wildman–Crippen LogP) is 4.62. The summed E-state index contributed by atoms with van der Waals surface area (Å²) in [5, 5.41) is 3.95. The van der Waals surface area contributed by atoms with Gasteiger partial charge in [0.2, 0.25) is 5.75 Å². The number of nitrogens with zero attached hydrogens (tertiary/aromatic N) is 1. The van der Waals surface area contributed by atoms with Crippen LogP contribution in [-0.2, 0) is 4.79 Å². The number of para-hydroxylation sites is 1. The molecular weight excluding hydrogens is 560 g/mol. The Morgan fingerprint density at radius 3 is 2.21 bits per heavy atom. The van der Waals surface area contributed by atoms with E-state index in [0.717, 1.165) is 4.47 Å². The van der Waals surface area contributed by atoms with Crippen molar-refractivity contribution in [3.8, 4) is 34.5 Å². The molecule has 11 heteroatoms. The number of hydrazone groups is 1. The summed E-state index contributed by atoms with van der Waals surface area (Å²) in [5.41, 5.74) is 3.20. The molecule has 200 valence electrons. The number of nitrogens with one attached hydrogen (secondary N) is 1. The first-order valence-electron chi connectivity index (χ1n) is 11.4. The van der Waals surface area contributed by atoms with Crippen molar-refractivity contribution in [3.05, 3.63) is 70.2 Å². The van der Waals surface area contributed by atoms with Crippen LogP contribution in [0, 0.1) is 0 Å². The summed E-state index contributed by atoms with van der Waals surface area (Å²) in [7, 11) is 4.38. The summed E-state index contributed by atoms with van der Waals surface area (Å²) in [6, 6.07) is 15.1. The Morgan fingerprint density at radius 2 is 1.58 bits per heavy atom. The molecule has 3 rings (SSSR count). The Morgan fingerprint density at radius 1 is 0.868 bits per heavy atom. The lowest BCUT2D eigenvalue weighted by atomic mass is 10.1. The Kier molecular flexibility index (Phi) is 10.4. The number of rotatable bonds is 12. The van der Waals surface area contributed by atoms with Crippen LogP contribution in [0.25, 0.3) is 0 Å². The van der Waals surface area contributed by atoms with Gasteiger partial charge in [0.25, 0.3) is 5.91 Å². The lowest BCUT2D eigenvalue weighted by Crippen LogP contribution is -2.24. The van der Waals surface area contributed by atoms with Crippen LogP contribution in [0.3, 0.4) is 0 Å². The third-order valence-corrected chi connectivity index (χ3v) is 5.62. The minimum atomic E-state index is -0.649. The molecule has 0 spiro atoms. The highest BCUT2D eigenvalue weighted by molar-refractivity contribution is 9.10. The molecule has 3 aromatic carbocycles. The van der Waals surface area contributed by atoms with Gasteiger partial charge in [0.1, 0.15) is 5.75 Å². The molecule has 0 atom stereocenters. The lowest BCUT2D eigenvalue weighted by Gasteiger charge is -2.15. The Bertz CT molecular complexity index is 1290. The molecule has 0 aliphatic heterocycles. The molecule has 0 heterocycles. The van der Waals surface area contributed by atoms with Gasteiger partial charge in [-0.2, -0.15) is 5.10 Å². The van der Waals surface area contributed by atoms with Gasteiger partial charge < -0.3 is 28.4 Å². The summed E-state index contributed by atoms with van der Waals surface area (Å²) in [6.45, 7) is 1.93. The average Bonchev–Trinajstić information content (AvgIpc) is 2.93. The Balaban J connectivity index is 1.68. The Labute approximate surface area is 228 Å². The van der Waals surface area contributed by atoms with Gasteiger partial charge in [0, 0.05) is 0 Å². The number of hydrogen-bond donors (Lipinski definition) is 1. The molecule has 0 aromatic heterocycles. The van der Waals surface area contributed by atoms with Crippen LogP contribution in [-0.4, -0.2) is 52.6 Å². The van der Waals surface area contributed by atoms with E-state index in [-0.39, 0.29) is 17.9 Å². The first-order chi connectivity index (χ1) is 18.4. The molecule has 1 N–H and O–H groups in total. The van der Waals surface area contributed by atoms with E-state index < -0.39 is 11.9 Å². The number of ether oxygens (including phenoxy) is 6. The molecule has 0 fully saturated rings. The number of esters is 1. The monoisotopic (exact) mass is 586 g/mol. The maximum atomic E-state index is 12.9. The molecule has 0 unspecified atom stereocenters. The number of amides is 1. The zero-order chi connectivity index (χ0) is 27.5. The first-order valence-corrected chi connectivity index (χ1v) is 12.2. The number of benzene rings is 3. The fourth-order valence-corrected chi connectivity index (χ4v) is 3.63. The molecule has 0 radical (unpaired) electrons. The Hall–Kier alpha value is -4.25. The molecule has 0 aliphatic carbocycles. The van der Waals surface area contributed by atoms with Crippen molar-refractivity contribution in [1.29, 1.82) is 0 Å². The molecule has 0 bridgehead atoms. The van der Waals surface area contributed by atoms with E-state index in [1.54, 1.807) is 37.3 Å². The number of carbonyl (C=O) groups excluding carboxylic acids is 2. The first kappa shape index (κ1) is 28.3. The minimum Gasteiger partial charge on any atom is -0.493 e. The second kappa shape index (κ2) is 13.9. The van der Waals surface area contributed by atoms with Crippen LogP contribution in [0.4, 0.5) is 0 Å². The summed E-state index contributed by atoms with van der Waals surface area (Å²) in [4.78, 5) is 25.0. The van der Waals surface area contributed by atoms with Gasteiger partial charge in [-0.05, 0) is 70.9 Å². The highest BCUT2D eigenvalue weighted by Crippen LogP contribution is 2.39. The van der Waals surface area contributed by atoms with Crippen molar-refractivity contribution >= 4 is 34.0 Å². The normalized spacial score (nSPS) is 10.6. The summed E-state index contributed by atoms with van der Waals surface area (Å²) in [6.07, 6.45) is 1.43. The van der Waals surface area contributed by atoms with Crippen LogP contribution >= 0.6 is 15.9 Å². The lowest BCUT2D eigenvalue weighted by molar-refractivity contribution is -0.123. The third kappa shape index (κ3) is 7.39. The van der Waals surface area contributed by atoms with Gasteiger partial charge in [0.05, 0.1) is 44.2 Å². The minimum absolute atomic E-state index is 0.194. The van der Waals surface area contributed by atoms with Gasteiger partial charge in [-0.15, -0.1) is 0 Å². The van der Waals surface area contributed by atoms with E-state index >= 15 is 0 Å². The molecule has 3 aromatic rings. The second-order valence-corrected chi connectivity index (χ2v) is 8.31. The fraction of sp³-hybridized carbons (Fsp3) is 0.222. The summed E-state index contributed by atoms with van der Waals surface area (Å²) < 4.78 is 33.3. The van der Waals surface area contributed by atoms with Crippen LogP contribution in [0.5, 0.6) is 34.5 Å². The maximum absolute atomic E-state index is 12.9. The second-order valence-electron chi connectivity index (χ2n) is 7.45. The predicted molar refractivity (Wildman–Crippen MR) is 144 cm³/mol. The summed E-state index contributed by atoms with van der Waals surface area (Å²) in [5.74, 6) is 0.983. The van der Waals surface area contributed by atoms with Crippen molar-refractivity contribution in [2.45, 2.75) is 6.92 Å². The van der Waals surface area contributed by atoms with Crippen LogP contribution in [0.2, 0.25) is 0 Å². The molecule has 1 amide bonds. The molecule has 0 aliphatic rings. The molecule has 38 heavy (non-hydrogen) atoms. The van der Waals surface area contributed by atoms with Gasteiger partial charge >= 0.3 is 5.97 Å². The largest absolute Gasteiger partial charge is 0.493 e.